The summed E-state index contributed by atoms with van der Waals surface area (Å²) in [7, 11) is 3.33. The number of rotatable bonds is 3. The number of methoxy groups -OCH3 is 2. The van der Waals surface area contributed by atoms with Crippen molar-refractivity contribution in [2.24, 2.45) is 5.41 Å². The van der Waals surface area contributed by atoms with Crippen molar-refractivity contribution in [1.82, 2.24) is 0 Å². The molecular formula is C15H24O2. The Bertz CT molecular complexity index is 386. The van der Waals surface area contributed by atoms with Gasteiger partial charge in [-0.15, -0.1) is 0 Å². The standard InChI is InChI=1S/C15H24O2/c1-14(2,3)15(4,5)11-8-9-12(16-6)13(10-11)17-7/h8-10H,1-7H3. The van der Waals surface area contributed by atoms with E-state index in [9.17, 15) is 0 Å². The summed E-state index contributed by atoms with van der Waals surface area (Å²) in [5.41, 5.74) is 1.53. The molecule has 0 N–H and O–H groups in total. The average Bonchev–Trinajstić information content (AvgIpc) is 2.26. The van der Waals surface area contributed by atoms with Crippen molar-refractivity contribution in [1.29, 1.82) is 0 Å². The molecule has 0 unspecified atom stereocenters. The van der Waals surface area contributed by atoms with Crippen LogP contribution in [0.5, 0.6) is 11.5 Å². The Labute approximate surface area is 105 Å². The molecule has 0 atom stereocenters. The molecule has 0 saturated carbocycles. The van der Waals surface area contributed by atoms with Gasteiger partial charge in [0.2, 0.25) is 0 Å². The first kappa shape index (κ1) is 13.9. The van der Waals surface area contributed by atoms with Gasteiger partial charge in [0.25, 0.3) is 0 Å². The van der Waals surface area contributed by atoms with Crippen LogP contribution < -0.4 is 9.47 Å². The summed E-state index contributed by atoms with van der Waals surface area (Å²) in [5, 5.41) is 0. The van der Waals surface area contributed by atoms with Crippen LogP contribution in [0.1, 0.15) is 40.2 Å². The van der Waals surface area contributed by atoms with Gasteiger partial charge in [-0.05, 0) is 28.5 Å². The van der Waals surface area contributed by atoms with Crippen LogP contribution >= 0.6 is 0 Å². The summed E-state index contributed by atoms with van der Waals surface area (Å²) in [6.45, 7) is 11.3. The van der Waals surface area contributed by atoms with E-state index in [-0.39, 0.29) is 10.8 Å². The van der Waals surface area contributed by atoms with E-state index in [2.05, 4.69) is 46.8 Å². The molecule has 96 valence electrons. The average molecular weight is 236 g/mol. The maximum Gasteiger partial charge on any atom is 0.161 e. The maximum atomic E-state index is 5.36. The lowest BCUT2D eigenvalue weighted by Gasteiger charge is -2.39. The third-order valence-electron chi connectivity index (χ3n) is 3.98. The summed E-state index contributed by atoms with van der Waals surface area (Å²) >= 11 is 0. The quantitative estimate of drug-likeness (QED) is 0.789. The van der Waals surface area contributed by atoms with Crippen LogP contribution in [-0.4, -0.2) is 14.2 Å². The first-order valence-electron chi connectivity index (χ1n) is 5.96. The van der Waals surface area contributed by atoms with E-state index in [0.717, 1.165) is 11.5 Å². The van der Waals surface area contributed by atoms with Gasteiger partial charge >= 0.3 is 0 Å². The fraction of sp³-hybridized carbons (Fsp3) is 0.600. The van der Waals surface area contributed by atoms with E-state index in [4.69, 9.17) is 9.47 Å². The summed E-state index contributed by atoms with van der Waals surface area (Å²) in [5.74, 6) is 1.57. The van der Waals surface area contributed by atoms with Gasteiger partial charge in [-0.25, -0.2) is 0 Å². The van der Waals surface area contributed by atoms with Gasteiger partial charge in [0.1, 0.15) is 0 Å². The lowest BCUT2D eigenvalue weighted by Crippen LogP contribution is -2.33. The first-order valence-corrected chi connectivity index (χ1v) is 5.96. The molecule has 0 radical (unpaired) electrons. The van der Waals surface area contributed by atoms with Crippen molar-refractivity contribution in [2.45, 2.75) is 40.0 Å². The van der Waals surface area contributed by atoms with Crippen molar-refractivity contribution >= 4 is 0 Å². The molecule has 0 amide bonds. The smallest absolute Gasteiger partial charge is 0.161 e. The molecule has 0 bridgehead atoms. The molecule has 0 spiro atoms. The Morgan fingerprint density at radius 2 is 1.35 bits per heavy atom. The van der Waals surface area contributed by atoms with Gasteiger partial charge < -0.3 is 9.47 Å². The lowest BCUT2D eigenvalue weighted by atomic mass is 9.65. The molecule has 0 aliphatic heterocycles. The maximum absolute atomic E-state index is 5.36. The monoisotopic (exact) mass is 236 g/mol. The van der Waals surface area contributed by atoms with E-state index in [1.807, 2.05) is 6.07 Å². The molecule has 1 aromatic rings. The SMILES string of the molecule is COc1ccc(C(C)(C)C(C)(C)C)cc1OC. The Morgan fingerprint density at radius 3 is 1.76 bits per heavy atom. The van der Waals surface area contributed by atoms with Crippen LogP contribution in [0.4, 0.5) is 0 Å². The molecule has 1 rings (SSSR count). The summed E-state index contributed by atoms with van der Waals surface area (Å²) < 4.78 is 10.6. The first-order chi connectivity index (χ1) is 7.74. The zero-order valence-electron chi connectivity index (χ0n) is 12.0. The topological polar surface area (TPSA) is 18.5 Å². The minimum Gasteiger partial charge on any atom is -0.493 e. The molecular weight excluding hydrogens is 212 g/mol. The number of hydrogen-bond donors (Lipinski definition) is 0. The van der Waals surface area contributed by atoms with E-state index >= 15 is 0 Å². The lowest BCUT2D eigenvalue weighted by molar-refractivity contribution is 0.224. The van der Waals surface area contributed by atoms with Crippen molar-refractivity contribution in [3.8, 4) is 11.5 Å². The minimum absolute atomic E-state index is 0.0759. The normalized spacial score (nSPS) is 12.4. The highest BCUT2D eigenvalue weighted by atomic mass is 16.5. The third-order valence-corrected chi connectivity index (χ3v) is 3.98. The van der Waals surface area contributed by atoms with Crippen molar-refractivity contribution in [2.75, 3.05) is 14.2 Å². The highest BCUT2D eigenvalue weighted by Gasteiger charge is 2.34. The highest BCUT2D eigenvalue weighted by Crippen LogP contribution is 2.43. The van der Waals surface area contributed by atoms with Crippen LogP contribution in [0.2, 0.25) is 0 Å². The predicted molar refractivity (Wildman–Crippen MR) is 72.0 cm³/mol. The summed E-state index contributed by atoms with van der Waals surface area (Å²) in [4.78, 5) is 0. The Hall–Kier alpha value is -1.18. The summed E-state index contributed by atoms with van der Waals surface area (Å²) in [6, 6.07) is 6.17. The third kappa shape index (κ3) is 2.56. The molecule has 0 heterocycles. The largest absolute Gasteiger partial charge is 0.493 e. The van der Waals surface area contributed by atoms with Crippen molar-refractivity contribution < 1.29 is 9.47 Å². The Balaban J connectivity index is 3.25. The molecule has 0 saturated heterocycles. The van der Waals surface area contributed by atoms with Crippen LogP contribution in [0, 0.1) is 5.41 Å². The van der Waals surface area contributed by atoms with Crippen molar-refractivity contribution in [3.05, 3.63) is 23.8 Å². The van der Waals surface area contributed by atoms with Gasteiger partial charge in [-0.1, -0.05) is 40.7 Å². The molecule has 0 fully saturated rings. The summed E-state index contributed by atoms with van der Waals surface area (Å²) in [6.07, 6.45) is 0. The second-order valence-corrected chi connectivity index (χ2v) is 5.94. The number of ether oxygens (including phenoxy) is 2. The molecule has 0 aromatic heterocycles. The molecule has 0 aliphatic carbocycles. The van der Waals surface area contributed by atoms with E-state index in [1.165, 1.54) is 5.56 Å². The Morgan fingerprint density at radius 1 is 0.824 bits per heavy atom. The zero-order chi connectivity index (χ0) is 13.3. The van der Waals surface area contributed by atoms with E-state index in [1.54, 1.807) is 14.2 Å². The highest BCUT2D eigenvalue weighted by molar-refractivity contribution is 5.45. The fourth-order valence-electron chi connectivity index (χ4n) is 1.66. The molecule has 2 nitrogen and oxygen atoms in total. The zero-order valence-corrected chi connectivity index (χ0v) is 12.0. The molecule has 2 heteroatoms. The van der Waals surface area contributed by atoms with E-state index in [0.29, 0.717) is 0 Å². The van der Waals surface area contributed by atoms with Crippen LogP contribution in [-0.2, 0) is 5.41 Å². The number of benzene rings is 1. The number of hydrogen-bond acceptors (Lipinski definition) is 2. The van der Waals surface area contributed by atoms with Gasteiger partial charge in [0, 0.05) is 0 Å². The Kier molecular flexibility index (Phi) is 3.75. The van der Waals surface area contributed by atoms with Gasteiger partial charge in [0.05, 0.1) is 14.2 Å². The van der Waals surface area contributed by atoms with Gasteiger partial charge in [-0.3, -0.25) is 0 Å². The van der Waals surface area contributed by atoms with E-state index < -0.39 is 0 Å². The van der Waals surface area contributed by atoms with Crippen LogP contribution in [0.25, 0.3) is 0 Å². The predicted octanol–water partition coefficient (Wildman–Crippen LogP) is 4.03. The second-order valence-electron chi connectivity index (χ2n) is 5.94. The van der Waals surface area contributed by atoms with Crippen LogP contribution in [0.3, 0.4) is 0 Å². The van der Waals surface area contributed by atoms with Gasteiger partial charge in [0.15, 0.2) is 11.5 Å². The van der Waals surface area contributed by atoms with Crippen LogP contribution in [0.15, 0.2) is 18.2 Å². The fourth-order valence-corrected chi connectivity index (χ4v) is 1.66. The minimum atomic E-state index is 0.0759. The second kappa shape index (κ2) is 4.59. The van der Waals surface area contributed by atoms with Gasteiger partial charge in [-0.2, -0.15) is 0 Å². The molecule has 0 aliphatic rings. The molecule has 1 aromatic carbocycles. The molecule has 17 heavy (non-hydrogen) atoms. The van der Waals surface area contributed by atoms with Crippen molar-refractivity contribution in [3.63, 3.8) is 0 Å².